The smallest absolute Gasteiger partial charge is 0.279 e. The molecule has 0 radical (unpaired) electrons. The van der Waals surface area contributed by atoms with Crippen LogP contribution in [0.2, 0.25) is 0 Å². The summed E-state index contributed by atoms with van der Waals surface area (Å²) in [5, 5.41) is 117. The quantitative estimate of drug-likeness (QED) is 0.0212. The van der Waals surface area contributed by atoms with Gasteiger partial charge in [0.1, 0.15) is 12.7 Å². The van der Waals surface area contributed by atoms with E-state index in [9.17, 15) is 65.7 Å². The molecule has 0 aromatic heterocycles. The Morgan fingerprint density at radius 2 is 0.963 bits per heavy atom. The highest BCUT2D eigenvalue weighted by molar-refractivity contribution is 5.96. The van der Waals surface area contributed by atoms with E-state index in [0.717, 1.165) is 38.9 Å². The zero-order valence-electron chi connectivity index (χ0n) is 63.1. The topological polar surface area (TPSA) is 388 Å². The first-order valence-corrected chi connectivity index (χ1v) is 34.2. The number of nitro groups is 4. The fraction of sp³-hybridized carbons (Fsp3) is 0.274. The average Bonchev–Trinajstić information content (AvgIpc) is 1.72. The van der Waals surface area contributed by atoms with E-state index in [1.165, 1.54) is 59.5 Å². The lowest BCUT2D eigenvalue weighted by Crippen LogP contribution is -2.15. The van der Waals surface area contributed by atoms with Crippen molar-refractivity contribution in [3.8, 4) is 23.0 Å². The summed E-state index contributed by atoms with van der Waals surface area (Å²) >= 11 is 0. The predicted octanol–water partition coefficient (Wildman–Crippen LogP) is 15.4. The third kappa shape index (κ3) is 29.6. The summed E-state index contributed by atoms with van der Waals surface area (Å²) in [6, 6.07) is 62.0. The van der Waals surface area contributed by atoms with E-state index >= 15 is 0 Å². The van der Waals surface area contributed by atoms with Crippen molar-refractivity contribution in [1.29, 1.82) is 0 Å². The second-order valence-electron chi connectivity index (χ2n) is 25.5. The largest absolute Gasteiger partial charge is 0.493 e. The summed E-state index contributed by atoms with van der Waals surface area (Å²) in [5.74, 6) is 1.91. The van der Waals surface area contributed by atoms with Gasteiger partial charge in [0, 0.05) is 48.8 Å². The maximum Gasteiger partial charge on any atom is 0.279 e. The first kappa shape index (κ1) is 89.7. The molecule has 0 saturated heterocycles. The minimum Gasteiger partial charge on any atom is -0.493 e. The summed E-state index contributed by atoms with van der Waals surface area (Å²) in [5.41, 5.74) is 13.5. The van der Waals surface area contributed by atoms with Gasteiger partial charge in [0.15, 0.2) is 28.8 Å². The molecule has 0 bridgehead atoms. The summed E-state index contributed by atoms with van der Waals surface area (Å²) in [4.78, 5) is 51.5. The Bertz CT molecular complexity index is 4530. The molecule has 578 valence electrons. The van der Waals surface area contributed by atoms with Crippen LogP contribution >= 0.6 is 0 Å². The number of para-hydroxylation sites is 2. The number of Topliss-reactive ketones (excluding diaryl/α,β-unsaturated/α-hetero) is 1. The van der Waals surface area contributed by atoms with E-state index in [1.807, 2.05) is 139 Å². The van der Waals surface area contributed by atoms with Gasteiger partial charge in [-0.3, -0.25) is 45.3 Å². The molecule has 3 unspecified atom stereocenters. The summed E-state index contributed by atoms with van der Waals surface area (Å²) in [6.07, 6.45) is -1.53. The highest BCUT2D eigenvalue weighted by atomic mass is 16.7. The fourth-order valence-corrected chi connectivity index (χ4v) is 10.7. The molecule has 0 spiro atoms. The van der Waals surface area contributed by atoms with E-state index in [1.54, 1.807) is 107 Å². The van der Waals surface area contributed by atoms with Crippen LogP contribution in [0.15, 0.2) is 212 Å². The predicted molar refractivity (Wildman–Crippen MR) is 416 cm³/mol. The van der Waals surface area contributed by atoms with E-state index in [-0.39, 0.29) is 60.7 Å². The Labute approximate surface area is 633 Å². The maximum absolute atomic E-state index is 10.9. The van der Waals surface area contributed by atoms with Crippen molar-refractivity contribution in [2.45, 2.75) is 119 Å². The number of aliphatic hydroxyl groups is 8. The fourth-order valence-electron chi connectivity index (χ4n) is 10.7. The number of benzene rings is 10. The van der Waals surface area contributed by atoms with Crippen LogP contribution < -0.4 is 18.9 Å². The van der Waals surface area contributed by atoms with Gasteiger partial charge in [0.25, 0.3) is 22.7 Å². The van der Waals surface area contributed by atoms with Gasteiger partial charge >= 0.3 is 0 Å². The highest BCUT2D eigenvalue weighted by Crippen LogP contribution is 2.40. The molecule has 10 aromatic rings. The molecular weight excluding hydrogens is 1400 g/mol. The number of nitrogens with zero attached hydrogens (tertiary/aromatic N) is 4. The number of fused-ring (bicyclic) bond motifs is 1. The molecule has 109 heavy (non-hydrogen) atoms. The first-order valence-electron chi connectivity index (χ1n) is 34.2. The molecule has 0 amide bonds. The van der Waals surface area contributed by atoms with E-state index in [0.29, 0.717) is 63.7 Å². The number of nitro benzene ring substituents is 4. The van der Waals surface area contributed by atoms with Crippen LogP contribution in [0.25, 0.3) is 0 Å². The molecule has 0 saturated carbocycles. The molecular formula is C84H96N4O21. The summed E-state index contributed by atoms with van der Waals surface area (Å²) in [6.45, 7) is 18.3. The minimum atomic E-state index is -0.974. The third-order valence-electron chi connectivity index (χ3n) is 16.3. The molecule has 10 aromatic carbocycles. The van der Waals surface area contributed by atoms with Crippen LogP contribution in [0.4, 0.5) is 22.7 Å². The minimum absolute atomic E-state index is 0.00870. The Morgan fingerprint density at radius 1 is 0.477 bits per heavy atom. The molecule has 25 heteroatoms. The number of aryl methyl sites for hydroxylation is 7. The average molecular weight is 1500 g/mol. The van der Waals surface area contributed by atoms with Crippen LogP contribution in [0.3, 0.4) is 0 Å². The maximum atomic E-state index is 10.9. The van der Waals surface area contributed by atoms with Gasteiger partial charge in [-0.2, -0.15) is 0 Å². The van der Waals surface area contributed by atoms with Gasteiger partial charge in [0.2, 0.25) is 6.79 Å². The van der Waals surface area contributed by atoms with Crippen molar-refractivity contribution in [1.82, 2.24) is 0 Å². The number of aliphatic hydroxyl groups excluding tert-OH is 7. The number of rotatable bonds is 19. The van der Waals surface area contributed by atoms with Gasteiger partial charge in [0.05, 0.1) is 87.7 Å². The van der Waals surface area contributed by atoms with Crippen molar-refractivity contribution >= 4 is 28.5 Å². The lowest BCUT2D eigenvalue weighted by Gasteiger charge is -2.18. The number of methoxy groups -OCH3 is 2. The summed E-state index contributed by atoms with van der Waals surface area (Å²) < 4.78 is 20.5. The zero-order valence-corrected chi connectivity index (χ0v) is 63.1. The van der Waals surface area contributed by atoms with Crippen molar-refractivity contribution < 1.29 is 84.3 Å². The van der Waals surface area contributed by atoms with E-state index in [4.69, 9.17) is 39.4 Å². The monoisotopic (exact) mass is 1500 g/mol. The second-order valence-corrected chi connectivity index (χ2v) is 25.5. The Balaban J connectivity index is 0.000000265. The molecule has 1 heterocycles. The SMILES string of the molecule is CC(O)c1cc2c(cc1[N+](=O)[O-])OCO2.COc1ccc(CC(O)c2ccccc2)cc1OC.Cc1cc(C)cc(C(C)(C)O)c1.Cc1cc(C)cc(CO)c1.Cc1cc(CO)c([N+](=O)[O-])cc1C.Cc1ccc(C(=O)CO)cc1.O=[N+]([O-])c1ccccc1C(O)c1ccccc1.O=[N+]([O-])c1ccccc1CCO. The molecule has 8 N–H and O–H groups in total. The van der Waals surface area contributed by atoms with Gasteiger partial charge in [-0.1, -0.05) is 186 Å². The standard InChI is InChI=1S/C16H18O3.C13H11NO3.C11H16O.C9H9NO5.C9H11NO3.C9H10O2.C9H12O.C8H9NO3/c1-18-15-9-8-12(11-16(15)19-2)10-14(17)13-6-4-3-5-7-13;15-13(10-6-2-1-3-7-10)11-8-4-5-9-12(11)14(16)17;1-8-5-9(2)7-10(6-8)11(3,4)12;1-5(11)6-2-8-9(15-4-14-8)3-7(6)10(12)13;1-6-3-8(5-11)9(10(12)13)4-7(6)2;1-7-2-4-8(5-3-7)9(11)6-10;1-7-3-8(2)5-9(4-7)6-10;10-6-5-7-3-1-2-4-8(7)9(11)12/h3-9,11,14,17H,10H2,1-2H3;1-9,13,15H;5-7,12H,1-4H3;2-3,5,11H,4H2,1H3;3-4,11H,5H2,1-2H3;2-5,10H,6H2,1H3;3-5,10H,6H2,1-2H3;1-4,10H,5-6H2. The van der Waals surface area contributed by atoms with Gasteiger partial charge in [-0.15, -0.1) is 0 Å². The van der Waals surface area contributed by atoms with Gasteiger partial charge in [-0.05, 0) is 139 Å². The van der Waals surface area contributed by atoms with Gasteiger partial charge in [-0.25, -0.2) is 0 Å². The second kappa shape index (κ2) is 45.1. The molecule has 25 nitrogen and oxygen atoms in total. The number of ether oxygens (including phenoxy) is 4. The molecule has 1 aliphatic rings. The molecule has 3 atom stereocenters. The number of carbonyl (C=O) groups is 1. The number of carbonyl (C=O) groups excluding carboxylic acids is 1. The van der Waals surface area contributed by atoms with E-state index < -0.39 is 50.2 Å². The van der Waals surface area contributed by atoms with Gasteiger partial charge < -0.3 is 59.8 Å². The summed E-state index contributed by atoms with van der Waals surface area (Å²) in [7, 11) is 3.21. The van der Waals surface area contributed by atoms with Crippen molar-refractivity contribution in [3.63, 3.8) is 0 Å². The number of ketones is 1. The van der Waals surface area contributed by atoms with Crippen LogP contribution in [-0.2, 0) is 31.7 Å². The number of hydrogen-bond donors (Lipinski definition) is 8. The van der Waals surface area contributed by atoms with Crippen LogP contribution in [-0.4, -0.2) is 101 Å². The Hall–Kier alpha value is -11.7. The Morgan fingerprint density at radius 3 is 1.45 bits per heavy atom. The van der Waals surface area contributed by atoms with Crippen molar-refractivity contribution in [2.75, 3.05) is 34.2 Å². The Kier molecular flexibility index (Phi) is 37.1. The lowest BCUT2D eigenvalue weighted by molar-refractivity contribution is -0.386. The van der Waals surface area contributed by atoms with Crippen molar-refractivity contribution in [2.24, 2.45) is 0 Å². The lowest BCUT2D eigenvalue weighted by atomic mass is 9.95. The highest BCUT2D eigenvalue weighted by Gasteiger charge is 2.26. The van der Waals surface area contributed by atoms with E-state index in [2.05, 4.69) is 12.1 Å². The molecule has 11 rings (SSSR count). The zero-order chi connectivity index (χ0) is 81.1. The van der Waals surface area contributed by atoms with Crippen LogP contribution in [0.1, 0.15) is 138 Å². The van der Waals surface area contributed by atoms with Crippen LogP contribution in [0.5, 0.6) is 23.0 Å². The van der Waals surface area contributed by atoms with Crippen molar-refractivity contribution in [3.05, 3.63) is 347 Å². The molecule has 1 aliphatic heterocycles. The number of hydrogen-bond acceptors (Lipinski definition) is 21. The first-order chi connectivity index (χ1) is 51.7. The van der Waals surface area contributed by atoms with Crippen LogP contribution in [0, 0.1) is 88.9 Å². The molecule has 0 aliphatic carbocycles. The third-order valence-corrected chi connectivity index (χ3v) is 16.3. The molecule has 0 fully saturated rings. The normalized spacial score (nSPS) is 11.5.